The van der Waals surface area contributed by atoms with Crippen LogP contribution in [0, 0.1) is 0 Å². The maximum Gasteiger partial charge on any atom is 0.119 e. The summed E-state index contributed by atoms with van der Waals surface area (Å²) in [5.41, 5.74) is 6.55. The van der Waals surface area contributed by atoms with E-state index in [1.54, 1.807) is 6.07 Å². The SMILES string of the molecule is CC(C)(c1ccccc1O)c1cccc(-c2ccccc2)c1-c1ccccc1. The van der Waals surface area contributed by atoms with Gasteiger partial charge in [-0.05, 0) is 33.9 Å². The van der Waals surface area contributed by atoms with Gasteiger partial charge in [0.05, 0.1) is 0 Å². The van der Waals surface area contributed by atoms with Crippen molar-refractivity contribution < 1.29 is 5.11 Å². The second kappa shape index (κ2) is 7.36. The normalized spacial score (nSPS) is 11.4. The Kier molecular flexibility index (Phi) is 4.75. The number of phenols is 1. The lowest BCUT2D eigenvalue weighted by atomic mass is 9.73. The molecular weight excluding hydrogens is 340 g/mol. The lowest BCUT2D eigenvalue weighted by Crippen LogP contribution is -2.20. The molecular formula is C27H24O. The Labute approximate surface area is 166 Å². The molecule has 0 spiro atoms. The van der Waals surface area contributed by atoms with Gasteiger partial charge in [0.2, 0.25) is 0 Å². The monoisotopic (exact) mass is 364 g/mol. The van der Waals surface area contributed by atoms with E-state index in [1.807, 2.05) is 30.3 Å². The molecule has 4 aromatic rings. The minimum Gasteiger partial charge on any atom is -0.508 e. The minimum atomic E-state index is -0.360. The molecule has 0 heterocycles. The Balaban J connectivity index is 2.02. The van der Waals surface area contributed by atoms with E-state index in [-0.39, 0.29) is 5.41 Å². The fourth-order valence-electron chi connectivity index (χ4n) is 3.99. The third kappa shape index (κ3) is 3.20. The van der Waals surface area contributed by atoms with Gasteiger partial charge >= 0.3 is 0 Å². The first kappa shape index (κ1) is 18.1. The number of hydrogen-bond acceptors (Lipinski definition) is 1. The van der Waals surface area contributed by atoms with Gasteiger partial charge in [-0.2, -0.15) is 0 Å². The quantitative estimate of drug-likeness (QED) is 0.411. The summed E-state index contributed by atoms with van der Waals surface area (Å²) in [6.45, 7) is 4.36. The van der Waals surface area contributed by atoms with E-state index < -0.39 is 0 Å². The molecule has 0 aliphatic rings. The zero-order chi connectivity index (χ0) is 19.6. The van der Waals surface area contributed by atoms with Gasteiger partial charge in [-0.3, -0.25) is 0 Å². The molecule has 0 unspecified atom stereocenters. The summed E-state index contributed by atoms with van der Waals surface area (Å²) in [4.78, 5) is 0. The molecule has 138 valence electrons. The lowest BCUT2D eigenvalue weighted by Gasteiger charge is -2.30. The second-order valence-corrected chi connectivity index (χ2v) is 7.60. The largest absolute Gasteiger partial charge is 0.508 e. The third-order valence-electron chi connectivity index (χ3n) is 5.46. The highest BCUT2D eigenvalue weighted by molar-refractivity contribution is 5.87. The molecule has 0 saturated carbocycles. The van der Waals surface area contributed by atoms with Crippen LogP contribution in [0.1, 0.15) is 25.0 Å². The summed E-state index contributed by atoms with van der Waals surface area (Å²) in [6, 6.07) is 35.1. The highest BCUT2D eigenvalue weighted by atomic mass is 16.3. The van der Waals surface area contributed by atoms with Crippen LogP contribution in [-0.2, 0) is 5.41 Å². The molecule has 28 heavy (non-hydrogen) atoms. The molecule has 1 heteroatoms. The topological polar surface area (TPSA) is 20.2 Å². The van der Waals surface area contributed by atoms with Crippen LogP contribution in [0.25, 0.3) is 22.3 Å². The molecule has 0 saturated heterocycles. The minimum absolute atomic E-state index is 0.330. The highest BCUT2D eigenvalue weighted by Gasteiger charge is 2.30. The highest BCUT2D eigenvalue weighted by Crippen LogP contribution is 2.44. The van der Waals surface area contributed by atoms with Gasteiger partial charge < -0.3 is 5.11 Å². The van der Waals surface area contributed by atoms with E-state index >= 15 is 0 Å². The van der Waals surface area contributed by atoms with Crippen LogP contribution in [0.2, 0.25) is 0 Å². The van der Waals surface area contributed by atoms with Crippen molar-refractivity contribution in [2.24, 2.45) is 0 Å². The summed E-state index contributed by atoms with van der Waals surface area (Å²) in [5, 5.41) is 10.6. The number of rotatable bonds is 4. The number of para-hydroxylation sites is 1. The van der Waals surface area contributed by atoms with Crippen molar-refractivity contribution in [3.8, 4) is 28.0 Å². The van der Waals surface area contributed by atoms with Gasteiger partial charge in [-0.1, -0.05) is 111 Å². The Hall–Kier alpha value is -3.32. The average molecular weight is 364 g/mol. The van der Waals surface area contributed by atoms with Crippen LogP contribution in [0.3, 0.4) is 0 Å². The van der Waals surface area contributed by atoms with E-state index in [1.165, 1.54) is 27.8 Å². The molecule has 0 aromatic heterocycles. The number of phenolic OH excluding ortho intramolecular Hbond substituents is 1. The molecule has 0 bridgehead atoms. The fourth-order valence-corrected chi connectivity index (χ4v) is 3.99. The van der Waals surface area contributed by atoms with Crippen LogP contribution in [0.4, 0.5) is 0 Å². The van der Waals surface area contributed by atoms with Crippen molar-refractivity contribution in [1.82, 2.24) is 0 Å². The average Bonchev–Trinajstić information content (AvgIpc) is 2.74. The van der Waals surface area contributed by atoms with E-state index in [0.29, 0.717) is 5.75 Å². The van der Waals surface area contributed by atoms with Crippen molar-refractivity contribution in [3.05, 3.63) is 114 Å². The van der Waals surface area contributed by atoms with Gasteiger partial charge in [-0.15, -0.1) is 0 Å². The Bertz CT molecular complexity index is 1080. The predicted octanol–water partition coefficient (Wildman–Crippen LogP) is 7.05. The first-order valence-corrected chi connectivity index (χ1v) is 9.62. The van der Waals surface area contributed by atoms with Crippen molar-refractivity contribution in [3.63, 3.8) is 0 Å². The molecule has 0 atom stereocenters. The number of hydrogen-bond donors (Lipinski definition) is 1. The second-order valence-electron chi connectivity index (χ2n) is 7.60. The summed E-state index contributed by atoms with van der Waals surface area (Å²) in [7, 11) is 0. The van der Waals surface area contributed by atoms with E-state index in [2.05, 4.69) is 80.6 Å². The molecule has 0 radical (unpaired) electrons. The van der Waals surface area contributed by atoms with E-state index in [9.17, 15) is 5.11 Å². The predicted molar refractivity (Wildman–Crippen MR) is 118 cm³/mol. The summed E-state index contributed by atoms with van der Waals surface area (Å²) in [6.07, 6.45) is 0. The van der Waals surface area contributed by atoms with Gasteiger partial charge in [0, 0.05) is 11.0 Å². The molecule has 0 aliphatic carbocycles. The Morgan fingerprint density at radius 3 is 1.71 bits per heavy atom. The maximum atomic E-state index is 10.6. The number of aromatic hydroxyl groups is 1. The standard InChI is InChI=1S/C27H24O/c1-27(2,23-17-9-10-19-25(23)28)24-18-11-16-22(20-12-5-3-6-13-20)26(24)21-14-7-4-8-15-21/h3-19,28H,1-2H3. The summed E-state index contributed by atoms with van der Waals surface area (Å²) in [5.74, 6) is 0.330. The molecule has 1 N–H and O–H groups in total. The van der Waals surface area contributed by atoms with E-state index in [0.717, 1.165) is 5.56 Å². The molecule has 0 aliphatic heterocycles. The summed E-state index contributed by atoms with van der Waals surface area (Å²) >= 11 is 0. The molecule has 4 rings (SSSR count). The first-order chi connectivity index (χ1) is 13.6. The van der Waals surface area contributed by atoms with E-state index in [4.69, 9.17) is 0 Å². The smallest absolute Gasteiger partial charge is 0.119 e. The van der Waals surface area contributed by atoms with Crippen LogP contribution in [0.5, 0.6) is 5.75 Å². The third-order valence-corrected chi connectivity index (χ3v) is 5.46. The molecule has 1 nitrogen and oxygen atoms in total. The van der Waals surface area contributed by atoms with Crippen LogP contribution >= 0.6 is 0 Å². The van der Waals surface area contributed by atoms with Crippen molar-refractivity contribution in [1.29, 1.82) is 0 Å². The van der Waals surface area contributed by atoms with Gasteiger partial charge in [0.1, 0.15) is 5.75 Å². The van der Waals surface area contributed by atoms with Crippen molar-refractivity contribution in [2.45, 2.75) is 19.3 Å². The molecule has 0 amide bonds. The lowest BCUT2D eigenvalue weighted by molar-refractivity contribution is 0.453. The molecule has 0 fully saturated rings. The van der Waals surface area contributed by atoms with Crippen molar-refractivity contribution >= 4 is 0 Å². The van der Waals surface area contributed by atoms with Gasteiger partial charge in [0.25, 0.3) is 0 Å². The Morgan fingerprint density at radius 2 is 1.07 bits per heavy atom. The van der Waals surface area contributed by atoms with Gasteiger partial charge in [-0.25, -0.2) is 0 Å². The van der Waals surface area contributed by atoms with Crippen molar-refractivity contribution in [2.75, 3.05) is 0 Å². The fraction of sp³-hybridized carbons (Fsp3) is 0.111. The summed E-state index contributed by atoms with van der Waals surface area (Å²) < 4.78 is 0. The Morgan fingerprint density at radius 1 is 0.536 bits per heavy atom. The van der Waals surface area contributed by atoms with Gasteiger partial charge in [0.15, 0.2) is 0 Å². The van der Waals surface area contributed by atoms with Crippen LogP contribution in [0.15, 0.2) is 103 Å². The van der Waals surface area contributed by atoms with Crippen LogP contribution in [-0.4, -0.2) is 5.11 Å². The zero-order valence-electron chi connectivity index (χ0n) is 16.3. The number of benzene rings is 4. The van der Waals surface area contributed by atoms with Crippen LogP contribution < -0.4 is 0 Å². The zero-order valence-corrected chi connectivity index (χ0v) is 16.3. The molecule has 4 aromatic carbocycles. The maximum absolute atomic E-state index is 10.6. The first-order valence-electron chi connectivity index (χ1n) is 9.62.